The van der Waals surface area contributed by atoms with E-state index in [0.29, 0.717) is 11.4 Å². The fourth-order valence-electron chi connectivity index (χ4n) is 1.22. The van der Waals surface area contributed by atoms with Crippen molar-refractivity contribution in [3.05, 3.63) is 36.5 Å². The van der Waals surface area contributed by atoms with Crippen molar-refractivity contribution in [3.8, 4) is 0 Å². The van der Waals surface area contributed by atoms with Gasteiger partial charge in [0.2, 0.25) is 0 Å². The molecule has 1 aromatic heterocycles. The van der Waals surface area contributed by atoms with Crippen LogP contribution in [0.5, 0.6) is 0 Å². The number of rotatable bonds is 5. The van der Waals surface area contributed by atoms with Crippen LogP contribution in [0.4, 0.5) is 10.2 Å². The first-order chi connectivity index (χ1) is 7.13. The summed E-state index contributed by atoms with van der Waals surface area (Å²) < 4.78 is 13.5. The second kappa shape index (κ2) is 5.51. The summed E-state index contributed by atoms with van der Waals surface area (Å²) in [5.74, 6) is 0.467. The van der Waals surface area contributed by atoms with E-state index in [9.17, 15) is 4.39 Å². The minimum atomic E-state index is -1.07. The molecule has 15 heavy (non-hydrogen) atoms. The number of nitrogens with one attached hydrogen (secondary N) is 1. The van der Waals surface area contributed by atoms with Crippen LogP contribution in [0.15, 0.2) is 31.0 Å². The molecule has 3 nitrogen and oxygen atoms in total. The maximum absolute atomic E-state index is 13.5. The maximum Gasteiger partial charge on any atom is 0.408 e. The molecule has 1 rings (SSSR count). The van der Waals surface area contributed by atoms with Crippen molar-refractivity contribution in [2.75, 3.05) is 5.23 Å². The van der Waals surface area contributed by atoms with Gasteiger partial charge in [0.05, 0.1) is 0 Å². The largest absolute Gasteiger partial charge is 0.433 e. The average Bonchev–Trinajstić information content (AvgIpc) is 2.17. The third kappa shape index (κ3) is 3.71. The van der Waals surface area contributed by atoms with Crippen molar-refractivity contribution in [2.24, 2.45) is 0 Å². The summed E-state index contributed by atoms with van der Waals surface area (Å²) >= 11 is 0. The van der Waals surface area contributed by atoms with Crippen molar-refractivity contribution < 1.29 is 9.41 Å². The van der Waals surface area contributed by atoms with Crippen LogP contribution in [0, 0.1) is 0 Å². The molecule has 0 saturated carbocycles. The molecule has 80 valence electrons. The van der Waals surface area contributed by atoms with Crippen LogP contribution in [-0.4, -0.2) is 17.1 Å². The zero-order valence-corrected chi connectivity index (χ0v) is 8.65. The number of halogens is 1. The fourth-order valence-corrected chi connectivity index (χ4v) is 1.22. The maximum atomic E-state index is 13.5. The van der Waals surface area contributed by atoms with E-state index < -0.39 is 13.2 Å². The Morgan fingerprint density at radius 3 is 3.13 bits per heavy atom. The first-order valence-electron chi connectivity index (χ1n) is 4.79. The lowest BCUT2D eigenvalue weighted by Gasteiger charge is -2.09. The van der Waals surface area contributed by atoms with Crippen LogP contribution in [-0.2, 0) is 0 Å². The smallest absolute Gasteiger partial charge is 0.408 e. The molecule has 1 unspecified atom stereocenters. The molecule has 0 aliphatic heterocycles. The van der Waals surface area contributed by atoms with E-state index in [4.69, 9.17) is 5.02 Å². The topological polar surface area (TPSA) is 45.2 Å². The molecule has 2 N–H and O–H groups in total. The Kier molecular flexibility index (Phi) is 4.30. The number of alkyl halides is 1. The lowest BCUT2D eigenvalue weighted by molar-refractivity contribution is 0.347. The Morgan fingerprint density at radius 1 is 1.80 bits per heavy atom. The molecule has 0 aliphatic carbocycles. The van der Waals surface area contributed by atoms with Crippen LogP contribution < -0.4 is 5.23 Å². The monoisotopic (exact) mass is 208 g/mol. The SMILES string of the molecule is C=CCC(F)c1ccnc(NB(C)O)c1. The van der Waals surface area contributed by atoms with Gasteiger partial charge >= 0.3 is 7.05 Å². The summed E-state index contributed by atoms with van der Waals surface area (Å²) in [6.07, 6.45) is 2.25. The Morgan fingerprint density at radius 2 is 2.53 bits per heavy atom. The quantitative estimate of drug-likeness (QED) is 0.575. The van der Waals surface area contributed by atoms with Gasteiger partial charge in [-0.2, -0.15) is 0 Å². The molecule has 0 fully saturated rings. The van der Waals surface area contributed by atoms with Crippen molar-refractivity contribution in [1.82, 2.24) is 4.98 Å². The molecule has 1 aromatic rings. The molecule has 1 atom stereocenters. The van der Waals surface area contributed by atoms with Crippen molar-refractivity contribution in [2.45, 2.75) is 19.4 Å². The van der Waals surface area contributed by atoms with Gasteiger partial charge in [0.15, 0.2) is 0 Å². The summed E-state index contributed by atoms with van der Waals surface area (Å²) in [7, 11) is -0.704. The van der Waals surface area contributed by atoms with E-state index in [1.54, 1.807) is 19.0 Å². The molecule has 0 saturated heterocycles. The Hall–Kier alpha value is -1.36. The highest BCUT2D eigenvalue weighted by atomic mass is 19.1. The number of hydrogen-bond donors (Lipinski definition) is 2. The van der Waals surface area contributed by atoms with Gasteiger partial charge in [-0.15, -0.1) is 6.58 Å². The van der Waals surface area contributed by atoms with E-state index in [-0.39, 0.29) is 6.42 Å². The van der Waals surface area contributed by atoms with Crippen LogP contribution >= 0.6 is 0 Å². The number of pyridine rings is 1. The summed E-state index contributed by atoms with van der Waals surface area (Å²) in [6.45, 7) is 5.06. The third-order valence-corrected chi connectivity index (χ3v) is 1.88. The van der Waals surface area contributed by atoms with Crippen molar-refractivity contribution in [1.29, 1.82) is 0 Å². The molecule has 1 heterocycles. The molecule has 5 heteroatoms. The second-order valence-corrected chi connectivity index (χ2v) is 3.29. The summed E-state index contributed by atoms with van der Waals surface area (Å²) in [5.41, 5.74) is 0.535. The number of hydrogen-bond acceptors (Lipinski definition) is 3. The van der Waals surface area contributed by atoms with Gasteiger partial charge in [0, 0.05) is 12.6 Å². The van der Waals surface area contributed by atoms with Crippen LogP contribution in [0.2, 0.25) is 6.82 Å². The Balaban J connectivity index is 2.77. The van der Waals surface area contributed by atoms with E-state index in [1.165, 1.54) is 12.3 Å². The third-order valence-electron chi connectivity index (χ3n) is 1.88. The highest BCUT2D eigenvalue weighted by Crippen LogP contribution is 2.22. The molecule has 0 radical (unpaired) electrons. The van der Waals surface area contributed by atoms with Crippen molar-refractivity contribution >= 4 is 12.9 Å². The van der Waals surface area contributed by atoms with Gasteiger partial charge < -0.3 is 10.3 Å². The minimum absolute atomic E-state index is 0.276. The van der Waals surface area contributed by atoms with E-state index >= 15 is 0 Å². The summed E-state index contributed by atoms with van der Waals surface area (Å²) in [4.78, 5) is 3.96. The Bertz CT molecular complexity index is 333. The number of nitrogens with zero attached hydrogens (tertiary/aromatic N) is 1. The highest BCUT2D eigenvalue weighted by Gasteiger charge is 2.10. The van der Waals surface area contributed by atoms with Gasteiger partial charge in [0.25, 0.3) is 0 Å². The first-order valence-corrected chi connectivity index (χ1v) is 4.79. The summed E-state index contributed by atoms with van der Waals surface area (Å²) in [5, 5.41) is 11.8. The zero-order chi connectivity index (χ0) is 11.3. The molecular formula is C10H14BFN2O. The predicted molar refractivity (Wildman–Crippen MR) is 60.4 cm³/mol. The normalized spacial score (nSPS) is 11.9. The van der Waals surface area contributed by atoms with Crippen LogP contribution in [0.1, 0.15) is 18.2 Å². The number of aromatic nitrogens is 1. The van der Waals surface area contributed by atoms with Gasteiger partial charge in [0.1, 0.15) is 12.0 Å². The van der Waals surface area contributed by atoms with Crippen LogP contribution in [0.25, 0.3) is 0 Å². The standard InChI is InChI=1S/C10H14BFN2O/c1-3-4-9(12)8-5-6-13-10(7-8)14-11(2)15/h3,5-7,9,15H,1,4H2,2H3,(H,13,14). The van der Waals surface area contributed by atoms with Crippen molar-refractivity contribution in [3.63, 3.8) is 0 Å². The van der Waals surface area contributed by atoms with Gasteiger partial charge in [-0.05, 0) is 24.5 Å². The minimum Gasteiger partial charge on any atom is -0.433 e. The lowest BCUT2D eigenvalue weighted by Crippen LogP contribution is -2.20. The Labute approximate surface area is 89.2 Å². The molecule has 0 aliphatic rings. The number of allylic oxidation sites excluding steroid dienone is 1. The lowest BCUT2D eigenvalue weighted by atomic mass is 9.89. The second-order valence-electron chi connectivity index (χ2n) is 3.29. The highest BCUT2D eigenvalue weighted by molar-refractivity contribution is 6.52. The zero-order valence-electron chi connectivity index (χ0n) is 8.65. The van der Waals surface area contributed by atoms with E-state index in [0.717, 1.165) is 0 Å². The molecule has 0 bridgehead atoms. The van der Waals surface area contributed by atoms with Gasteiger partial charge in [-0.3, -0.25) is 0 Å². The van der Waals surface area contributed by atoms with Gasteiger partial charge in [-0.25, -0.2) is 9.37 Å². The van der Waals surface area contributed by atoms with E-state index in [1.807, 2.05) is 0 Å². The predicted octanol–water partition coefficient (Wildman–Crippen LogP) is 2.19. The van der Waals surface area contributed by atoms with Crippen LogP contribution in [0.3, 0.4) is 0 Å². The fraction of sp³-hybridized carbons (Fsp3) is 0.300. The molecule has 0 aromatic carbocycles. The molecule has 0 amide bonds. The van der Waals surface area contributed by atoms with Gasteiger partial charge in [-0.1, -0.05) is 6.08 Å². The average molecular weight is 208 g/mol. The number of anilines is 1. The molecule has 0 spiro atoms. The van der Waals surface area contributed by atoms with E-state index in [2.05, 4.69) is 16.8 Å². The molecular weight excluding hydrogens is 194 g/mol. The summed E-state index contributed by atoms with van der Waals surface area (Å²) in [6, 6.07) is 3.20. The first kappa shape index (κ1) is 11.7.